The Hall–Kier alpha value is -1.94. The average molecular weight is 1200 g/mol. The quantitative estimate of drug-likeness (QED) is 0.0222. The highest BCUT2D eigenvalue weighted by atomic mass is 31.2. The van der Waals surface area contributed by atoms with Crippen molar-refractivity contribution >= 4 is 39.5 Å². The molecule has 19 heteroatoms. The molecule has 0 saturated heterocycles. The molecule has 0 aromatic rings. The molecular weight excluding hydrogens is 1080 g/mol. The molecule has 0 aromatic heterocycles. The maximum Gasteiger partial charge on any atom is 0.472 e. The zero-order valence-corrected chi connectivity index (χ0v) is 54.0. The zero-order chi connectivity index (χ0) is 60.3. The third kappa shape index (κ3) is 56.9. The number of phosphoric ester groups is 2. The fourth-order valence-electron chi connectivity index (χ4n) is 9.13. The fourth-order valence-corrected chi connectivity index (χ4v) is 10.7. The van der Waals surface area contributed by atoms with Crippen LogP contribution >= 0.6 is 15.6 Å². The smallest absolute Gasteiger partial charge is 0.462 e. The summed E-state index contributed by atoms with van der Waals surface area (Å²) in [5.41, 5.74) is 0. The predicted octanol–water partition coefficient (Wildman–Crippen LogP) is 16.7. The number of hydrogen-bond acceptors (Lipinski definition) is 15. The summed E-state index contributed by atoms with van der Waals surface area (Å²) in [6, 6.07) is 0. The number of esters is 4. The lowest BCUT2D eigenvalue weighted by molar-refractivity contribution is -0.161. The number of aliphatic hydroxyl groups is 1. The third-order valence-electron chi connectivity index (χ3n) is 14.1. The van der Waals surface area contributed by atoms with Gasteiger partial charge in [0.15, 0.2) is 12.2 Å². The number of phosphoric acid groups is 2. The van der Waals surface area contributed by atoms with Crippen LogP contribution in [0.15, 0.2) is 0 Å². The molecule has 0 bridgehead atoms. The number of unbranched alkanes of at least 4 members (excludes halogenated alkanes) is 28. The summed E-state index contributed by atoms with van der Waals surface area (Å²) in [6.07, 6.45) is 33.7. The lowest BCUT2D eigenvalue weighted by atomic mass is 10.0. The molecule has 0 aromatic carbocycles. The standard InChI is InChI=1S/C62H120O17P2/c1-8-9-10-11-19-29-36-43-59(64)72-49-57(79-62(67)46-39-32-25-18-22-28-35-42-55(6)7)51-76-80(68,69)74-47-56(63)48-75-81(70,71)77-52-58(50-73-60(65)44-37-30-24-17-21-27-34-41-54(4)5)78-61(66)45-38-31-23-16-14-12-13-15-20-26-33-40-53(2)3/h53-58,63H,8-52H2,1-7H3,(H,68,69)(H,70,71)/t56-,57+,58+/m0/s1. The molecule has 0 aliphatic rings. The van der Waals surface area contributed by atoms with E-state index in [-0.39, 0.29) is 25.7 Å². The van der Waals surface area contributed by atoms with Crippen LogP contribution in [0.4, 0.5) is 0 Å². The molecule has 0 amide bonds. The summed E-state index contributed by atoms with van der Waals surface area (Å²) < 4.78 is 67.8. The molecule has 480 valence electrons. The van der Waals surface area contributed by atoms with Crippen LogP contribution < -0.4 is 0 Å². The molecule has 17 nitrogen and oxygen atoms in total. The van der Waals surface area contributed by atoms with E-state index < -0.39 is 97.5 Å². The predicted molar refractivity (Wildman–Crippen MR) is 321 cm³/mol. The summed E-state index contributed by atoms with van der Waals surface area (Å²) in [6.45, 7) is 11.6. The number of hydrogen-bond donors (Lipinski definition) is 3. The van der Waals surface area contributed by atoms with Gasteiger partial charge in [0.05, 0.1) is 26.4 Å². The van der Waals surface area contributed by atoms with Crippen LogP contribution in [-0.4, -0.2) is 96.7 Å². The van der Waals surface area contributed by atoms with E-state index >= 15 is 0 Å². The summed E-state index contributed by atoms with van der Waals surface area (Å²) in [4.78, 5) is 72.0. The van der Waals surface area contributed by atoms with Crippen molar-refractivity contribution in [1.29, 1.82) is 0 Å². The average Bonchev–Trinajstić information content (AvgIpc) is 3.41. The molecule has 0 fully saturated rings. The zero-order valence-electron chi connectivity index (χ0n) is 52.2. The molecule has 0 rings (SSSR count). The summed E-state index contributed by atoms with van der Waals surface area (Å²) in [5.74, 6) is 0.0212. The first kappa shape index (κ1) is 79.1. The van der Waals surface area contributed by atoms with E-state index in [1.807, 2.05) is 0 Å². The van der Waals surface area contributed by atoms with E-state index in [4.69, 9.17) is 37.0 Å². The minimum absolute atomic E-state index is 0.102. The fraction of sp³-hybridized carbons (Fsp3) is 0.935. The van der Waals surface area contributed by atoms with Gasteiger partial charge in [-0.25, -0.2) is 9.13 Å². The SMILES string of the molecule is CCCCCCCCCC(=O)OC[C@H](COP(=O)(O)OC[C@H](O)COP(=O)(O)OC[C@@H](COC(=O)CCCCCCCCCC(C)C)OC(=O)CCCCCCCCCCCCCC(C)C)OC(=O)CCCCCCCCCC(C)C. The lowest BCUT2D eigenvalue weighted by Crippen LogP contribution is -2.30. The molecule has 3 N–H and O–H groups in total. The third-order valence-corrected chi connectivity index (χ3v) is 16.0. The second kappa shape index (κ2) is 53.5. The van der Waals surface area contributed by atoms with Crippen molar-refractivity contribution in [1.82, 2.24) is 0 Å². The van der Waals surface area contributed by atoms with Crippen LogP contribution in [0, 0.1) is 17.8 Å². The van der Waals surface area contributed by atoms with Crippen LogP contribution in [0.25, 0.3) is 0 Å². The second-order valence-corrected chi connectivity index (χ2v) is 26.8. The number of carbonyl (C=O) groups excluding carboxylic acids is 4. The van der Waals surface area contributed by atoms with Gasteiger partial charge in [-0.2, -0.15) is 0 Å². The van der Waals surface area contributed by atoms with E-state index in [1.54, 1.807) is 0 Å². The van der Waals surface area contributed by atoms with Gasteiger partial charge in [0.2, 0.25) is 0 Å². The number of ether oxygens (including phenoxy) is 4. The molecule has 0 radical (unpaired) electrons. The Kier molecular flexibility index (Phi) is 52.2. The van der Waals surface area contributed by atoms with Crippen molar-refractivity contribution in [2.24, 2.45) is 17.8 Å². The van der Waals surface area contributed by atoms with Crippen molar-refractivity contribution in [2.45, 2.75) is 317 Å². The minimum Gasteiger partial charge on any atom is -0.462 e. The molecule has 0 aliphatic heterocycles. The molecule has 0 saturated carbocycles. The molecule has 2 unspecified atom stereocenters. The molecule has 81 heavy (non-hydrogen) atoms. The minimum atomic E-state index is -4.94. The van der Waals surface area contributed by atoms with Crippen LogP contribution in [0.2, 0.25) is 0 Å². The van der Waals surface area contributed by atoms with Crippen molar-refractivity contribution in [3.05, 3.63) is 0 Å². The van der Waals surface area contributed by atoms with Crippen molar-refractivity contribution in [3.8, 4) is 0 Å². The molecular formula is C62H120O17P2. The normalized spacial score (nSPS) is 14.4. The van der Waals surface area contributed by atoms with E-state index in [0.717, 1.165) is 115 Å². The Morgan fingerprint density at radius 1 is 0.333 bits per heavy atom. The first-order chi connectivity index (χ1) is 38.7. The maximum absolute atomic E-state index is 13.0. The number of carbonyl (C=O) groups is 4. The Labute approximate surface area is 492 Å². The van der Waals surface area contributed by atoms with E-state index in [1.165, 1.54) is 89.9 Å². The first-order valence-corrected chi connectivity index (χ1v) is 35.3. The largest absolute Gasteiger partial charge is 0.472 e. The molecule has 5 atom stereocenters. The summed E-state index contributed by atoms with van der Waals surface area (Å²) >= 11 is 0. The van der Waals surface area contributed by atoms with Gasteiger partial charge in [0.1, 0.15) is 19.3 Å². The Balaban J connectivity index is 5.22. The van der Waals surface area contributed by atoms with Gasteiger partial charge >= 0.3 is 39.5 Å². The van der Waals surface area contributed by atoms with E-state index in [2.05, 4.69) is 48.5 Å². The highest BCUT2D eigenvalue weighted by molar-refractivity contribution is 7.47. The number of rotatable bonds is 60. The topological polar surface area (TPSA) is 237 Å². The van der Waals surface area contributed by atoms with Crippen molar-refractivity contribution < 1.29 is 80.2 Å². The van der Waals surface area contributed by atoms with Gasteiger partial charge in [0, 0.05) is 25.7 Å². The van der Waals surface area contributed by atoms with E-state index in [0.29, 0.717) is 37.5 Å². The van der Waals surface area contributed by atoms with Crippen molar-refractivity contribution in [2.75, 3.05) is 39.6 Å². The first-order valence-electron chi connectivity index (χ1n) is 32.3. The highest BCUT2D eigenvalue weighted by Crippen LogP contribution is 2.45. The lowest BCUT2D eigenvalue weighted by Gasteiger charge is -2.21. The van der Waals surface area contributed by atoms with Crippen molar-refractivity contribution in [3.63, 3.8) is 0 Å². The van der Waals surface area contributed by atoms with Gasteiger partial charge in [-0.05, 0) is 43.4 Å². The molecule has 0 aliphatic carbocycles. The summed E-state index contributed by atoms with van der Waals surface area (Å²) in [7, 11) is -9.88. The molecule has 0 spiro atoms. The van der Waals surface area contributed by atoms with Gasteiger partial charge < -0.3 is 33.8 Å². The van der Waals surface area contributed by atoms with Crippen LogP contribution in [0.3, 0.4) is 0 Å². The Bertz CT molecular complexity index is 1610. The Morgan fingerprint density at radius 3 is 0.840 bits per heavy atom. The van der Waals surface area contributed by atoms with E-state index in [9.17, 15) is 43.2 Å². The van der Waals surface area contributed by atoms with Gasteiger partial charge in [-0.3, -0.25) is 37.3 Å². The number of aliphatic hydroxyl groups excluding tert-OH is 1. The highest BCUT2D eigenvalue weighted by Gasteiger charge is 2.30. The van der Waals surface area contributed by atoms with Crippen LogP contribution in [-0.2, 0) is 65.4 Å². The van der Waals surface area contributed by atoms with Crippen LogP contribution in [0.5, 0.6) is 0 Å². The Morgan fingerprint density at radius 2 is 0.568 bits per heavy atom. The second-order valence-electron chi connectivity index (χ2n) is 23.9. The van der Waals surface area contributed by atoms with Crippen LogP contribution in [0.1, 0.15) is 299 Å². The maximum atomic E-state index is 13.0. The van der Waals surface area contributed by atoms with Gasteiger partial charge in [0.25, 0.3) is 0 Å². The monoisotopic (exact) mass is 1200 g/mol. The van der Waals surface area contributed by atoms with Gasteiger partial charge in [-0.15, -0.1) is 0 Å². The molecule has 0 heterocycles. The van der Waals surface area contributed by atoms with Gasteiger partial charge in [-0.1, -0.05) is 248 Å². The summed E-state index contributed by atoms with van der Waals surface area (Å²) in [5, 5.41) is 10.5.